The second-order valence-electron chi connectivity index (χ2n) is 6.04. The lowest BCUT2D eigenvalue weighted by Gasteiger charge is -2.35. The molecule has 0 unspecified atom stereocenters. The van der Waals surface area contributed by atoms with Crippen LogP contribution in [0.2, 0.25) is 0 Å². The van der Waals surface area contributed by atoms with Gasteiger partial charge < -0.3 is 19.6 Å². The highest BCUT2D eigenvalue weighted by molar-refractivity contribution is 14.0. The van der Waals surface area contributed by atoms with Gasteiger partial charge in [0.2, 0.25) is 5.91 Å². The summed E-state index contributed by atoms with van der Waals surface area (Å²) in [6.45, 7) is 5.92. The van der Waals surface area contributed by atoms with Crippen LogP contribution in [0.3, 0.4) is 0 Å². The maximum Gasteiger partial charge on any atom is 0.246 e. The number of hydrogen-bond acceptors (Lipinski definition) is 5. The Labute approximate surface area is 169 Å². The van der Waals surface area contributed by atoms with E-state index in [1.54, 1.807) is 22.8 Å². The molecule has 2 aromatic rings. The number of anilines is 1. The molecule has 2 aromatic heterocycles. The second kappa shape index (κ2) is 8.52. The van der Waals surface area contributed by atoms with Crippen molar-refractivity contribution in [3.8, 4) is 0 Å². The van der Waals surface area contributed by atoms with Gasteiger partial charge in [0.1, 0.15) is 12.3 Å². The molecule has 1 saturated heterocycles. The average Bonchev–Trinajstić information content (AvgIpc) is 3.15. The van der Waals surface area contributed by atoms with Crippen LogP contribution in [0.25, 0.3) is 0 Å². The molecule has 10 heteroatoms. The minimum Gasteiger partial charge on any atom is -0.361 e. The van der Waals surface area contributed by atoms with Crippen molar-refractivity contribution in [3.05, 3.63) is 29.4 Å². The normalized spacial score (nSPS) is 15.2. The minimum atomic E-state index is 0. The smallest absolute Gasteiger partial charge is 0.246 e. The molecule has 9 nitrogen and oxygen atoms in total. The number of guanidine groups is 1. The van der Waals surface area contributed by atoms with Crippen LogP contribution in [0.4, 0.5) is 5.69 Å². The zero-order chi connectivity index (χ0) is 18.0. The first-order valence-corrected chi connectivity index (χ1v) is 8.16. The van der Waals surface area contributed by atoms with Crippen LogP contribution in [-0.4, -0.2) is 58.4 Å². The van der Waals surface area contributed by atoms with Crippen molar-refractivity contribution in [2.75, 3.05) is 31.6 Å². The van der Waals surface area contributed by atoms with Crippen molar-refractivity contribution in [1.82, 2.24) is 25.2 Å². The summed E-state index contributed by atoms with van der Waals surface area (Å²) < 4.78 is 6.87. The molecule has 0 atom stereocenters. The van der Waals surface area contributed by atoms with Crippen molar-refractivity contribution in [2.45, 2.75) is 20.4 Å². The number of halogens is 1. The first kappa shape index (κ1) is 20.2. The van der Waals surface area contributed by atoms with Crippen molar-refractivity contribution in [1.29, 1.82) is 0 Å². The fourth-order valence-corrected chi connectivity index (χ4v) is 2.93. The maximum absolute atomic E-state index is 12.5. The summed E-state index contributed by atoms with van der Waals surface area (Å²) in [6, 6.07) is 0. The molecular formula is C16H24IN7O2. The Morgan fingerprint density at radius 3 is 2.69 bits per heavy atom. The lowest BCUT2D eigenvalue weighted by molar-refractivity contribution is -0.120. The summed E-state index contributed by atoms with van der Waals surface area (Å²) in [5.74, 6) is 1.51. The molecule has 0 spiro atoms. The van der Waals surface area contributed by atoms with Crippen LogP contribution in [-0.2, 0) is 18.4 Å². The predicted octanol–water partition coefficient (Wildman–Crippen LogP) is 1.07. The van der Waals surface area contributed by atoms with Gasteiger partial charge in [0.05, 0.1) is 17.6 Å². The second-order valence-corrected chi connectivity index (χ2v) is 6.04. The van der Waals surface area contributed by atoms with E-state index < -0.39 is 0 Å². The highest BCUT2D eigenvalue weighted by atomic mass is 127. The largest absolute Gasteiger partial charge is 0.361 e. The van der Waals surface area contributed by atoms with Crippen LogP contribution < -0.4 is 10.2 Å². The van der Waals surface area contributed by atoms with Crippen LogP contribution in [0.1, 0.15) is 17.0 Å². The van der Waals surface area contributed by atoms with E-state index >= 15 is 0 Å². The van der Waals surface area contributed by atoms with Crippen molar-refractivity contribution < 1.29 is 9.32 Å². The van der Waals surface area contributed by atoms with E-state index in [0.29, 0.717) is 25.6 Å². The van der Waals surface area contributed by atoms with Gasteiger partial charge in [-0.25, -0.2) is 0 Å². The quantitative estimate of drug-likeness (QED) is 0.408. The molecule has 0 aromatic carbocycles. The van der Waals surface area contributed by atoms with Crippen LogP contribution >= 0.6 is 24.0 Å². The third-order valence-corrected chi connectivity index (χ3v) is 4.34. The number of aliphatic imine (C=N–C) groups is 1. The first-order chi connectivity index (χ1) is 12.0. The Hall–Kier alpha value is -2.11. The van der Waals surface area contributed by atoms with Gasteiger partial charge in [-0.2, -0.15) is 5.10 Å². The Balaban J connectivity index is 0.00000243. The molecule has 0 saturated carbocycles. The molecule has 1 fully saturated rings. The third-order valence-electron chi connectivity index (χ3n) is 4.34. The number of aryl methyl sites for hydroxylation is 3. The van der Waals surface area contributed by atoms with E-state index in [9.17, 15) is 4.79 Å². The summed E-state index contributed by atoms with van der Waals surface area (Å²) >= 11 is 0. The van der Waals surface area contributed by atoms with Gasteiger partial charge >= 0.3 is 0 Å². The van der Waals surface area contributed by atoms with Gasteiger partial charge in [-0.15, -0.1) is 24.0 Å². The number of nitrogens with one attached hydrogen (secondary N) is 1. The number of rotatable bonds is 3. The van der Waals surface area contributed by atoms with Crippen molar-refractivity contribution >= 4 is 41.5 Å². The number of carbonyl (C=O) groups is 1. The first-order valence-electron chi connectivity index (χ1n) is 8.16. The standard InChI is InChI=1S/C16H23N7O2.HI/c1-11-14(12(2)25-20-11)8-18-16(17-3)22-5-6-23(15(24)10-22)13-7-19-21(4)9-13;/h7,9H,5-6,8,10H2,1-4H3,(H,17,18);1H. The zero-order valence-corrected chi connectivity index (χ0v) is 17.7. The fraction of sp³-hybridized carbons (Fsp3) is 0.500. The molecule has 1 amide bonds. The molecule has 0 aliphatic carbocycles. The SMILES string of the molecule is CN=C(NCc1c(C)noc1C)N1CCN(c2cnn(C)c2)C(=O)C1.I. The predicted molar refractivity (Wildman–Crippen MR) is 109 cm³/mol. The Morgan fingerprint density at radius 1 is 1.38 bits per heavy atom. The van der Waals surface area contributed by atoms with E-state index in [-0.39, 0.29) is 36.4 Å². The van der Waals surface area contributed by atoms with E-state index in [1.807, 2.05) is 32.0 Å². The van der Waals surface area contributed by atoms with Gasteiger partial charge in [-0.3, -0.25) is 14.5 Å². The van der Waals surface area contributed by atoms with Crippen LogP contribution in [0.5, 0.6) is 0 Å². The number of nitrogens with zero attached hydrogens (tertiary/aromatic N) is 6. The summed E-state index contributed by atoms with van der Waals surface area (Å²) in [5.41, 5.74) is 2.70. The summed E-state index contributed by atoms with van der Waals surface area (Å²) in [5, 5.41) is 11.4. The number of aromatic nitrogens is 3. The van der Waals surface area contributed by atoms with E-state index in [1.165, 1.54) is 0 Å². The Kier molecular flexibility index (Phi) is 6.62. The molecule has 1 aliphatic heterocycles. The van der Waals surface area contributed by atoms with E-state index in [4.69, 9.17) is 4.52 Å². The van der Waals surface area contributed by atoms with Crippen LogP contribution in [0.15, 0.2) is 21.9 Å². The summed E-state index contributed by atoms with van der Waals surface area (Å²) in [6.07, 6.45) is 3.55. The Bertz CT molecular complexity index is 779. The number of carbonyl (C=O) groups excluding carboxylic acids is 1. The number of hydrogen-bond donors (Lipinski definition) is 1. The maximum atomic E-state index is 12.5. The molecule has 3 rings (SSSR count). The lowest BCUT2D eigenvalue weighted by Crippen LogP contribution is -2.55. The number of amides is 1. The lowest BCUT2D eigenvalue weighted by atomic mass is 10.2. The van der Waals surface area contributed by atoms with Crippen molar-refractivity contribution in [2.24, 2.45) is 12.0 Å². The fourth-order valence-electron chi connectivity index (χ4n) is 2.93. The van der Waals surface area contributed by atoms with Gasteiger partial charge in [0.25, 0.3) is 0 Å². The molecule has 0 bridgehead atoms. The Morgan fingerprint density at radius 2 is 2.15 bits per heavy atom. The van der Waals surface area contributed by atoms with Gasteiger partial charge in [-0.05, 0) is 13.8 Å². The molecular weight excluding hydrogens is 449 g/mol. The highest BCUT2D eigenvalue weighted by Crippen LogP contribution is 2.16. The molecule has 0 radical (unpaired) electrons. The molecule has 3 heterocycles. The third kappa shape index (κ3) is 4.17. The van der Waals surface area contributed by atoms with E-state index in [0.717, 1.165) is 22.7 Å². The number of piperazine rings is 1. The van der Waals surface area contributed by atoms with Gasteiger partial charge in [0, 0.05) is 45.5 Å². The summed E-state index contributed by atoms with van der Waals surface area (Å²) in [4.78, 5) is 20.5. The molecule has 1 aliphatic rings. The topological polar surface area (TPSA) is 91.8 Å². The average molecular weight is 473 g/mol. The van der Waals surface area contributed by atoms with Crippen molar-refractivity contribution in [3.63, 3.8) is 0 Å². The highest BCUT2D eigenvalue weighted by Gasteiger charge is 2.27. The molecule has 26 heavy (non-hydrogen) atoms. The zero-order valence-electron chi connectivity index (χ0n) is 15.4. The van der Waals surface area contributed by atoms with E-state index in [2.05, 4.69) is 20.6 Å². The van der Waals surface area contributed by atoms with Gasteiger partial charge in [-0.1, -0.05) is 5.16 Å². The van der Waals surface area contributed by atoms with Gasteiger partial charge in [0.15, 0.2) is 5.96 Å². The summed E-state index contributed by atoms with van der Waals surface area (Å²) in [7, 11) is 3.55. The monoisotopic (exact) mass is 473 g/mol. The molecule has 142 valence electrons. The minimum absolute atomic E-state index is 0. The van der Waals surface area contributed by atoms with Crippen LogP contribution in [0, 0.1) is 13.8 Å². The molecule has 1 N–H and O–H groups in total.